The van der Waals surface area contributed by atoms with Gasteiger partial charge < -0.3 is 4.57 Å². The van der Waals surface area contributed by atoms with Crippen LogP contribution in [0.3, 0.4) is 0 Å². The molecule has 136 valence electrons. The molecule has 1 unspecified atom stereocenters. The Kier molecular flexibility index (Phi) is 4.82. The zero-order chi connectivity index (χ0) is 18.2. The molecule has 3 rings (SSSR count). The molecule has 1 N–H and O–H groups in total. The van der Waals surface area contributed by atoms with Gasteiger partial charge in [0.25, 0.3) is 0 Å². The monoisotopic (exact) mass is 393 g/mol. The molecule has 1 aromatic carbocycles. The number of halogens is 4. The van der Waals surface area contributed by atoms with Crippen LogP contribution in [0.4, 0.5) is 13.2 Å². The highest BCUT2D eigenvalue weighted by molar-refractivity contribution is 7.89. The molecule has 0 fully saturated rings. The summed E-state index contributed by atoms with van der Waals surface area (Å²) >= 11 is 5.76. The van der Waals surface area contributed by atoms with Crippen molar-refractivity contribution in [1.29, 1.82) is 0 Å². The van der Waals surface area contributed by atoms with Crippen molar-refractivity contribution >= 4 is 21.6 Å². The molecule has 0 saturated carbocycles. The first-order valence-electron chi connectivity index (χ1n) is 7.54. The fraction of sp³-hybridized carbons (Fsp3) is 0.400. The lowest BCUT2D eigenvalue weighted by Gasteiger charge is -2.24. The maximum atomic E-state index is 13.1. The molecule has 25 heavy (non-hydrogen) atoms. The Morgan fingerprint density at radius 3 is 2.84 bits per heavy atom. The zero-order valence-electron chi connectivity index (χ0n) is 12.9. The lowest BCUT2D eigenvalue weighted by atomic mass is 9.98. The highest BCUT2D eigenvalue weighted by Crippen LogP contribution is 2.37. The first-order valence-corrected chi connectivity index (χ1v) is 9.40. The Labute approximate surface area is 147 Å². The van der Waals surface area contributed by atoms with Gasteiger partial charge in [-0.25, -0.2) is 18.1 Å². The number of hydrogen-bond donors (Lipinski definition) is 1. The van der Waals surface area contributed by atoms with Crippen molar-refractivity contribution in [3.8, 4) is 0 Å². The number of nitrogens with zero attached hydrogens (tertiary/aromatic N) is 2. The fourth-order valence-corrected chi connectivity index (χ4v) is 4.77. The molecule has 0 aliphatic carbocycles. The summed E-state index contributed by atoms with van der Waals surface area (Å²) in [6.45, 7) is 0.722. The fourth-order valence-electron chi connectivity index (χ4n) is 2.89. The SMILES string of the molecule is O=S(=O)(NCC1CCn2ccnc2C1)c1c(Cl)cccc1C(F)(F)F. The van der Waals surface area contributed by atoms with Gasteiger partial charge in [-0.3, -0.25) is 0 Å². The zero-order valence-corrected chi connectivity index (χ0v) is 14.5. The highest BCUT2D eigenvalue weighted by Gasteiger charge is 2.38. The van der Waals surface area contributed by atoms with E-state index in [2.05, 4.69) is 9.71 Å². The van der Waals surface area contributed by atoms with E-state index in [1.807, 2.05) is 10.8 Å². The molecule has 2 heterocycles. The van der Waals surface area contributed by atoms with Crippen LogP contribution in [-0.2, 0) is 29.2 Å². The second-order valence-electron chi connectivity index (χ2n) is 5.86. The number of aromatic nitrogens is 2. The minimum atomic E-state index is -4.81. The van der Waals surface area contributed by atoms with E-state index < -0.39 is 31.7 Å². The molecule has 0 spiro atoms. The quantitative estimate of drug-likeness (QED) is 0.868. The normalized spacial score (nSPS) is 18.2. The molecule has 0 bridgehead atoms. The Morgan fingerprint density at radius 1 is 1.36 bits per heavy atom. The number of fused-ring (bicyclic) bond motifs is 1. The maximum Gasteiger partial charge on any atom is 0.417 e. The molecule has 1 aliphatic rings. The molecule has 1 aromatic heterocycles. The van der Waals surface area contributed by atoms with E-state index in [0.29, 0.717) is 25.5 Å². The predicted molar refractivity (Wildman–Crippen MR) is 85.7 cm³/mol. The largest absolute Gasteiger partial charge is 0.417 e. The third-order valence-electron chi connectivity index (χ3n) is 4.15. The smallest absolute Gasteiger partial charge is 0.335 e. The molecule has 5 nitrogen and oxygen atoms in total. The number of sulfonamides is 1. The Hall–Kier alpha value is -1.58. The summed E-state index contributed by atoms with van der Waals surface area (Å²) in [6.07, 6.45) is -0.0361. The second kappa shape index (κ2) is 6.62. The van der Waals surface area contributed by atoms with E-state index >= 15 is 0 Å². The average molecular weight is 394 g/mol. The topological polar surface area (TPSA) is 64.0 Å². The van der Waals surface area contributed by atoms with Gasteiger partial charge in [-0.2, -0.15) is 13.2 Å². The lowest BCUT2D eigenvalue weighted by Crippen LogP contribution is -2.34. The Morgan fingerprint density at radius 2 is 2.12 bits per heavy atom. The van der Waals surface area contributed by atoms with Crippen molar-refractivity contribution in [2.45, 2.75) is 30.5 Å². The van der Waals surface area contributed by atoms with E-state index in [0.717, 1.165) is 18.0 Å². The van der Waals surface area contributed by atoms with Gasteiger partial charge in [0.1, 0.15) is 10.7 Å². The van der Waals surface area contributed by atoms with Crippen molar-refractivity contribution in [3.63, 3.8) is 0 Å². The standard InChI is InChI=1S/C15H15ClF3N3O2S/c16-12-3-1-2-11(15(17,18)19)14(12)25(23,24)21-9-10-4-6-22-7-5-20-13(22)8-10/h1-3,5,7,10,21H,4,6,8-9H2. The van der Waals surface area contributed by atoms with Gasteiger partial charge >= 0.3 is 6.18 Å². The molecule has 0 radical (unpaired) electrons. The van der Waals surface area contributed by atoms with E-state index in [1.54, 1.807) is 6.20 Å². The number of hydrogen-bond acceptors (Lipinski definition) is 3. The molecular weight excluding hydrogens is 379 g/mol. The first-order chi connectivity index (χ1) is 11.7. The molecule has 0 amide bonds. The number of imidazole rings is 1. The summed E-state index contributed by atoms with van der Waals surface area (Å²) in [7, 11) is -4.40. The minimum absolute atomic E-state index is 0.0255. The summed E-state index contributed by atoms with van der Waals surface area (Å²) in [6, 6.07) is 2.91. The van der Waals surface area contributed by atoms with Crippen LogP contribution in [0.15, 0.2) is 35.5 Å². The van der Waals surface area contributed by atoms with Crippen molar-refractivity contribution in [3.05, 3.63) is 47.0 Å². The van der Waals surface area contributed by atoms with E-state index in [9.17, 15) is 21.6 Å². The summed E-state index contributed by atoms with van der Waals surface area (Å²) in [5.74, 6) is 0.797. The summed E-state index contributed by atoms with van der Waals surface area (Å²) in [5.41, 5.74) is -1.27. The van der Waals surface area contributed by atoms with Crippen LogP contribution in [0.5, 0.6) is 0 Å². The number of aryl methyl sites for hydroxylation is 1. The molecule has 0 saturated heterocycles. The van der Waals surface area contributed by atoms with Crippen LogP contribution >= 0.6 is 11.6 Å². The van der Waals surface area contributed by atoms with E-state index in [4.69, 9.17) is 11.6 Å². The van der Waals surface area contributed by atoms with Gasteiger partial charge in [-0.15, -0.1) is 0 Å². The van der Waals surface area contributed by atoms with Gasteiger partial charge in [-0.1, -0.05) is 17.7 Å². The number of benzene rings is 1. The van der Waals surface area contributed by atoms with Crippen LogP contribution in [0.2, 0.25) is 5.02 Å². The third-order valence-corrected chi connectivity index (χ3v) is 6.11. The van der Waals surface area contributed by atoms with Crippen molar-refractivity contribution in [2.24, 2.45) is 5.92 Å². The van der Waals surface area contributed by atoms with Crippen molar-refractivity contribution in [2.75, 3.05) is 6.54 Å². The van der Waals surface area contributed by atoms with E-state index in [1.165, 1.54) is 0 Å². The molecule has 1 atom stereocenters. The molecule has 2 aromatic rings. The van der Waals surface area contributed by atoms with Gasteiger partial charge in [0.05, 0.1) is 10.6 Å². The van der Waals surface area contributed by atoms with Gasteiger partial charge in [0.15, 0.2) is 0 Å². The number of nitrogens with one attached hydrogen (secondary N) is 1. The van der Waals surface area contributed by atoms with Gasteiger partial charge in [-0.05, 0) is 24.5 Å². The van der Waals surface area contributed by atoms with Crippen molar-refractivity contribution in [1.82, 2.24) is 14.3 Å². The van der Waals surface area contributed by atoms with Gasteiger partial charge in [0.2, 0.25) is 10.0 Å². The summed E-state index contributed by atoms with van der Waals surface area (Å²) < 4.78 is 68.5. The Bertz CT molecular complexity index is 880. The van der Waals surface area contributed by atoms with Gasteiger partial charge in [0, 0.05) is 31.9 Å². The molecular formula is C15H15ClF3N3O2S. The maximum absolute atomic E-state index is 13.1. The van der Waals surface area contributed by atoms with Crippen LogP contribution in [0.1, 0.15) is 17.8 Å². The number of rotatable bonds is 4. The third kappa shape index (κ3) is 3.83. The minimum Gasteiger partial charge on any atom is -0.335 e. The summed E-state index contributed by atoms with van der Waals surface area (Å²) in [4.78, 5) is 3.26. The van der Waals surface area contributed by atoms with Crippen LogP contribution < -0.4 is 4.72 Å². The highest BCUT2D eigenvalue weighted by atomic mass is 35.5. The second-order valence-corrected chi connectivity index (χ2v) is 7.97. The van der Waals surface area contributed by atoms with Crippen LogP contribution in [0, 0.1) is 5.92 Å². The first kappa shape index (κ1) is 18.2. The number of alkyl halides is 3. The Balaban J connectivity index is 1.80. The van der Waals surface area contributed by atoms with Crippen LogP contribution in [0.25, 0.3) is 0 Å². The van der Waals surface area contributed by atoms with Crippen LogP contribution in [-0.4, -0.2) is 24.5 Å². The van der Waals surface area contributed by atoms with Crippen molar-refractivity contribution < 1.29 is 21.6 Å². The molecule has 1 aliphatic heterocycles. The average Bonchev–Trinajstić information content (AvgIpc) is 2.99. The lowest BCUT2D eigenvalue weighted by molar-refractivity contribution is -0.139. The predicted octanol–water partition coefficient (Wildman–Crippen LogP) is 3.10. The summed E-state index contributed by atoms with van der Waals surface area (Å²) in [5, 5.41) is -0.457. The molecule has 10 heteroatoms. The van der Waals surface area contributed by atoms with E-state index in [-0.39, 0.29) is 12.5 Å².